The second-order valence-corrected chi connectivity index (χ2v) is 13.3. The van der Waals surface area contributed by atoms with Gasteiger partial charge in [-0.25, -0.2) is 0 Å². The predicted molar refractivity (Wildman–Crippen MR) is 220 cm³/mol. The van der Waals surface area contributed by atoms with Gasteiger partial charge < -0.3 is 15.5 Å². The Morgan fingerprint density at radius 1 is 0.500 bits per heavy atom. The molecule has 0 saturated heterocycles. The summed E-state index contributed by atoms with van der Waals surface area (Å²) >= 11 is 0. The Morgan fingerprint density at radius 3 is 1.32 bits per heavy atom. The zero-order valence-electron chi connectivity index (χ0n) is 32.4. The van der Waals surface area contributed by atoms with Crippen LogP contribution >= 0.6 is 0 Å². The fraction of sp³-hybridized carbons (Fsp3) is 0.630. The largest absolute Gasteiger partial charge is 0.394 e. The minimum absolute atomic E-state index is 0.0532. The molecule has 3 N–H and O–H groups in total. The number of rotatable bonds is 35. The maximum absolute atomic E-state index is 12.3. The van der Waals surface area contributed by atoms with Crippen molar-refractivity contribution in [3.05, 3.63) is 97.2 Å². The molecule has 4 nitrogen and oxygen atoms in total. The lowest BCUT2D eigenvalue weighted by Gasteiger charge is -2.22. The summed E-state index contributed by atoms with van der Waals surface area (Å²) < 4.78 is 0. The second-order valence-electron chi connectivity index (χ2n) is 13.3. The summed E-state index contributed by atoms with van der Waals surface area (Å²) in [6, 6.07) is -0.543. The van der Waals surface area contributed by atoms with Crippen molar-refractivity contribution in [2.45, 2.75) is 180 Å². The molecule has 2 unspecified atom stereocenters. The molecule has 284 valence electrons. The van der Waals surface area contributed by atoms with E-state index in [1.54, 1.807) is 0 Å². The second kappa shape index (κ2) is 40.7. The highest BCUT2D eigenvalue weighted by Crippen LogP contribution is 2.12. The smallest absolute Gasteiger partial charge is 0.220 e. The van der Waals surface area contributed by atoms with Crippen molar-refractivity contribution in [2.75, 3.05) is 6.61 Å². The fourth-order valence-corrected chi connectivity index (χ4v) is 5.49. The molecule has 0 aliphatic heterocycles. The molecular formula is C46H77NO3. The normalized spacial score (nSPS) is 14.1. The highest BCUT2D eigenvalue weighted by molar-refractivity contribution is 5.76. The standard InChI is InChI=1S/C46H77NO3/c1-3-5-7-9-10-11-12-13-14-15-16-17-18-19-20-21-22-23-24-25-26-27-28-29-30-31-32-33-34-35-36-38-40-42-46(50)47-44(43-48)45(49)41-39-37-8-6-4-2/h5,7,10-11,13-14,16-17,19-20,22-23,25-26,28-29,44-45,48-49H,3-4,6,8-9,12,15,18,21,24,27,30-43H2,1-2H3,(H,47,50)/b7-5-,11-10-,14-13-,17-16-,20-19-,23-22-,26-25-,29-28-. The summed E-state index contributed by atoms with van der Waals surface area (Å²) in [5.74, 6) is -0.0532. The lowest BCUT2D eigenvalue weighted by molar-refractivity contribution is -0.123. The molecule has 0 radical (unpaired) electrons. The van der Waals surface area contributed by atoms with Crippen LogP contribution in [0, 0.1) is 0 Å². The van der Waals surface area contributed by atoms with Crippen molar-refractivity contribution in [3.63, 3.8) is 0 Å². The number of hydrogen-bond donors (Lipinski definition) is 3. The van der Waals surface area contributed by atoms with Crippen LogP contribution in [0.4, 0.5) is 0 Å². The van der Waals surface area contributed by atoms with Gasteiger partial charge in [-0.3, -0.25) is 4.79 Å². The lowest BCUT2D eigenvalue weighted by atomic mass is 10.0. The number of aliphatic hydroxyl groups excluding tert-OH is 2. The van der Waals surface area contributed by atoms with E-state index in [1.807, 2.05) is 0 Å². The molecule has 0 rings (SSSR count). The Bertz CT molecular complexity index is 968. The third-order valence-corrected chi connectivity index (χ3v) is 8.61. The molecule has 0 spiro atoms. The third kappa shape index (κ3) is 36.6. The zero-order chi connectivity index (χ0) is 36.4. The van der Waals surface area contributed by atoms with E-state index in [-0.39, 0.29) is 12.5 Å². The van der Waals surface area contributed by atoms with E-state index in [0.717, 1.165) is 77.0 Å². The molecule has 0 aliphatic rings. The molecular weight excluding hydrogens is 615 g/mol. The molecule has 0 fully saturated rings. The number of carbonyl (C=O) groups is 1. The average molecular weight is 692 g/mol. The van der Waals surface area contributed by atoms with Gasteiger partial charge in [-0.2, -0.15) is 0 Å². The van der Waals surface area contributed by atoms with Gasteiger partial charge >= 0.3 is 0 Å². The molecule has 4 heteroatoms. The van der Waals surface area contributed by atoms with Crippen LogP contribution in [0.3, 0.4) is 0 Å². The van der Waals surface area contributed by atoms with Gasteiger partial charge in [0, 0.05) is 6.42 Å². The number of hydrogen-bond acceptors (Lipinski definition) is 3. The van der Waals surface area contributed by atoms with Crippen molar-refractivity contribution in [2.24, 2.45) is 0 Å². The van der Waals surface area contributed by atoms with Gasteiger partial charge in [0.25, 0.3) is 0 Å². The van der Waals surface area contributed by atoms with Crippen LogP contribution in [-0.2, 0) is 4.79 Å². The lowest BCUT2D eigenvalue weighted by Crippen LogP contribution is -2.45. The monoisotopic (exact) mass is 692 g/mol. The third-order valence-electron chi connectivity index (χ3n) is 8.61. The molecule has 0 saturated carbocycles. The Morgan fingerprint density at radius 2 is 0.880 bits per heavy atom. The van der Waals surface area contributed by atoms with E-state index in [1.165, 1.54) is 64.2 Å². The molecule has 50 heavy (non-hydrogen) atoms. The Balaban J connectivity index is 3.59. The van der Waals surface area contributed by atoms with Gasteiger partial charge in [-0.1, -0.05) is 182 Å². The number of unbranched alkanes of at least 4 members (excludes halogenated alkanes) is 12. The quantitative estimate of drug-likeness (QED) is 0.0458. The summed E-state index contributed by atoms with van der Waals surface area (Å²) in [7, 11) is 0. The maximum atomic E-state index is 12.3. The van der Waals surface area contributed by atoms with Crippen LogP contribution in [0.25, 0.3) is 0 Å². The summed E-state index contributed by atoms with van der Waals surface area (Å²) in [5, 5.41) is 22.7. The van der Waals surface area contributed by atoms with Gasteiger partial charge in [0.15, 0.2) is 0 Å². The molecule has 0 aliphatic carbocycles. The number of aliphatic hydroxyl groups is 2. The molecule has 1 amide bonds. The predicted octanol–water partition coefficient (Wildman–Crippen LogP) is 12.7. The van der Waals surface area contributed by atoms with Crippen molar-refractivity contribution >= 4 is 5.91 Å². The molecule has 0 bridgehead atoms. The van der Waals surface area contributed by atoms with Crippen LogP contribution in [-0.4, -0.2) is 34.9 Å². The van der Waals surface area contributed by atoms with Crippen molar-refractivity contribution in [3.8, 4) is 0 Å². The van der Waals surface area contributed by atoms with E-state index in [2.05, 4.69) is 116 Å². The number of carbonyl (C=O) groups excluding carboxylic acids is 1. The van der Waals surface area contributed by atoms with Crippen LogP contribution in [0.2, 0.25) is 0 Å². The van der Waals surface area contributed by atoms with Crippen LogP contribution in [0.1, 0.15) is 168 Å². The first-order valence-corrected chi connectivity index (χ1v) is 20.4. The minimum Gasteiger partial charge on any atom is -0.394 e. The summed E-state index contributed by atoms with van der Waals surface area (Å²) in [4.78, 5) is 12.3. The van der Waals surface area contributed by atoms with Crippen molar-refractivity contribution in [1.29, 1.82) is 0 Å². The van der Waals surface area contributed by atoms with Crippen LogP contribution in [0.15, 0.2) is 97.2 Å². The molecule has 0 heterocycles. The van der Waals surface area contributed by atoms with Crippen molar-refractivity contribution in [1.82, 2.24) is 5.32 Å². The molecule has 0 aromatic rings. The zero-order valence-corrected chi connectivity index (χ0v) is 32.4. The number of amides is 1. The van der Waals surface area contributed by atoms with Crippen LogP contribution in [0.5, 0.6) is 0 Å². The molecule has 2 atom stereocenters. The average Bonchev–Trinajstić information content (AvgIpc) is 3.12. The van der Waals surface area contributed by atoms with E-state index >= 15 is 0 Å². The van der Waals surface area contributed by atoms with Crippen molar-refractivity contribution < 1.29 is 15.0 Å². The highest BCUT2D eigenvalue weighted by Gasteiger charge is 2.19. The molecule has 0 aromatic heterocycles. The summed E-state index contributed by atoms with van der Waals surface area (Å²) in [6.07, 6.45) is 60.8. The van der Waals surface area contributed by atoms with Gasteiger partial charge in [0.1, 0.15) is 0 Å². The maximum Gasteiger partial charge on any atom is 0.220 e. The van der Waals surface area contributed by atoms with Gasteiger partial charge in [-0.05, 0) is 77.0 Å². The topological polar surface area (TPSA) is 69.6 Å². The minimum atomic E-state index is -0.664. The van der Waals surface area contributed by atoms with E-state index in [0.29, 0.717) is 12.8 Å². The Kier molecular flexibility index (Phi) is 38.5. The van der Waals surface area contributed by atoms with E-state index in [9.17, 15) is 15.0 Å². The Hall–Kier alpha value is -2.69. The summed E-state index contributed by atoms with van der Waals surface area (Å²) in [6.45, 7) is 4.14. The van der Waals surface area contributed by atoms with E-state index < -0.39 is 12.1 Å². The van der Waals surface area contributed by atoms with Gasteiger partial charge in [0.2, 0.25) is 5.91 Å². The molecule has 0 aromatic carbocycles. The first-order valence-electron chi connectivity index (χ1n) is 20.4. The van der Waals surface area contributed by atoms with Gasteiger partial charge in [-0.15, -0.1) is 0 Å². The fourth-order valence-electron chi connectivity index (χ4n) is 5.49. The highest BCUT2D eigenvalue weighted by atomic mass is 16.3. The first-order chi connectivity index (χ1) is 24.7. The first kappa shape index (κ1) is 47.3. The van der Waals surface area contributed by atoms with E-state index in [4.69, 9.17) is 0 Å². The Labute approximate surface area is 309 Å². The van der Waals surface area contributed by atoms with Gasteiger partial charge in [0.05, 0.1) is 18.8 Å². The number of allylic oxidation sites excluding steroid dienone is 16. The number of nitrogens with one attached hydrogen (secondary N) is 1. The summed E-state index contributed by atoms with van der Waals surface area (Å²) in [5.41, 5.74) is 0. The SMILES string of the molecule is CC/C=C\C/C=C\C/C=C\C/C=C\C/C=C\C/C=C\C/C=C\C/C=C\CCCCCCCCCCC(=O)NC(CO)C(O)CCCCCCC. The van der Waals surface area contributed by atoms with Crippen LogP contribution < -0.4 is 5.32 Å².